The average Bonchev–Trinajstić information content (AvgIpc) is 1.88. The summed E-state index contributed by atoms with van der Waals surface area (Å²) in [7, 11) is 2.45. The smallest absolute Gasteiger partial charge is 0.249 e. The van der Waals surface area contributed by atoms with Crippen LogP contribution in [0.25, 0.3) is 0 Å². The maximum atomic E-state index is 10.6. The quantitative estimate of drug-likeness (QED) is 0.579. The third kappa shape index (κ3) is 1.34. The SMILES string of the molecule is NC(=O)c1ccccc1P. The molecule has 3 heteroatoms. The minimum atomic E-state index is -0.384. The van der Waals surface area contributed by atoms with Gasteiger partial charge in [-0.2, -0.15) is 0 Å². The van der Waals surface area contributed by atoms with Gasteiger partial charge in [0.15, 0.2) is 0 Å². The van der Waals surface area contributed by atoms with Gasteiger partial charge in [0.25, 0.3) is 0 Å². The molecule has 10 heavy (non-hydrogen) atoms. The van der Waals surface area contributed by atoms with Crippen molar-refractivity contribution in [3.63, 3.8) is 0 Å². The molecular weight excluding hydrogens is 145 g/mol. The summed E-state index contributed by atoms with van der Waals surface area (Å²) in [5.41, 5.74) is 5.62. The van der Waals surface area contributed by atoms with Crippen LogP contribution < -0.4 is 11.0 Å². The lowest BCUT2D eigenvalue weighted by Gasteiger charge is -1.97. The molecule has 0 radical (unpaired) electrons. The molecule has 1 aromatic rings. The van der Waals surface area contributed by atoms with E-state index in [1.165, 1.54) is 0 Å². The maximum Gasteiger partial charge on any atom is 0.249 e. The number of carbonyl (C=O) groups is 1. The van der Waals surface area contributed by atoms with Gasteiger partial charge in [0.05, 0.1) is 0 Å². The van der Waals surface area contributed by atoms with Crippen molar-refractivity contribution < 1.29 is 4.79 Å². The third-order valence-corrected chi connectivity index (χ3v) is 1.73. The molecule has 0 aliphatic rings. The Labute approximate surface area is 61.6 Å². The highest BCUT2D eigenvalue weighted by molar-refractivity contribution is 7.27. The highest BCUT2D eigenvalue weighted by Gasteiger charge is 2.00. The van der Waals surface area contributed by atoms with E-state index in [9.17, 15) is 4.79 Å². The Morgan fingerprint density at radius 2 is 2.00 bits per heavy atom. The van der Waals surface area contributed by atoms with E-state index in [1.807, 2.05) is 12.1 Å². The van der Waals surface area contributed by atoms with Crippen molar-refractivity contribution in [1.82, 2.24) is 0 Å². The van der Waals surface area contributed by atoms with Crippen LogP contribution in [0.15, 0.2) is 24.3 Å². The van der Waals surface area contributed by atoms with Crippen LogP contribution in [0.5, 0.6) is 0 Å². The Bertz CT molecular complexity index is 260. The van der Waals surface area contributed by atoms with Crippen molar-refractivity contribution >= 4 is 20.5 Å². The number of primary amides is 1. The van der Waals surface area contributed by atoms with Crippen LogP contribution in [0.3, 0.4) is 0 Å². The summed E-state index contributed by atoms with van der Waals surface area (Å²) < 4.78 is 0. The zero-order chi connectivity index (χ0) is 7.56. The van der Waals surface area contributed by atoms with Crippen LogP contribution in [0.4, 0.5) is 0 Å². The monoisotopic (exact) mass is 153 g/mol. The molecule has 2 nitrogen and oxygen atoms in total. The zero-order valence-electron chi connectivity index (χ0n) is 5.37. The van der Waals surface area contributed by atoms with E-state index in [-0.39, 0.29) is 5.91 Å². The molecular formula is C7H8NOP. The lowest BCUT2D eigenvalue weighted by atomic mass is 10.2. The highest BCUT2D eigenvalue weighted by atomic mass is 31.0. The summed E-state index contributed by atoms with van der Waals surface area (Å²) >= 11 is 0. The number of nitrogens with two attached hydrogens (primary N) is 1. The second-order valence-electron chi connectivity index (χ2n) is 1.95. The van der Waals surface area contributed by atoms with Gasteiger partial charge in [0, 0.05) is 5.56 Å². The first-order chi connectivity index (χ1) is 4.72. The molecule has 1 unspecified atom stereocenters. The van der Waals surface area contributed by atoms with Gasteiger partial charge in [-0.05, 0) is 11.4 Å². The van der Waals surface area contributed by atoms with Crippen molar-refractivity contribution in [1.29, 1.82) is 0 Å². The summed E-state index contributed by atoms with van der Waals surface area (Å²) in [5.74, 6) is -0.384. The molecule has 0 saturated carbocycles. The molecule has 1 aromatic carbocycles. The molecule has 1 rings (SSSR count). The molecule has 1 atom stereocenters. The van der Waals surface area contributed by atoms with Crippen LogP contribution in [0.1, 0.15) is 10.4 Å². The van der Waals surface area contributed by atoms with Crippen LogP contribution in [0.2, 0.25) is 0 Å². The molecule has 0 heterocycles. The summed E-state index contributed by atoms with van der Waals surface area (Å²) in [4.78, 5) is 10.6. The van der Waals surface area contributed by atoms with Crippen LogP contribution >= 0.6 is 9.24 Å². The molecule has 0 saturated heterocycles. The minimum Gasteiger partial charge on any atom is -0.366 e. The molecule has 0 bridgehead atoms. The van der Waals surface area contributed by atoms with E-state index in [0.717, 1.165) is 5.30 Å². The fourth-order valence-electron chi connectivity index (χ4n) is 0.721. The highest BCUT2D eigenvalue weighted by Crippen LogP contribution is 1.98. The Morgan fingerprint density at radius 1 is 1.40 bits per heavy atom. The first kappa shape index (κ1) is 7.23. The molecule has 0 aromatic heterocycles. The van der Waals surface area contributed by atoms with Gasteiger partial charge in [0.2, 0.25) is 5.91 Å². The van der Waals surface area contributed by atoms with Gasteiger partial charge in [-0.3, -0.25) is 4.79 Å². The molecule has 52 valence electrons. The largest absolute Gasteiger partial charge is 0.366 e. The average molecular weight is 153 g/mol. The second-order valence-corrected chi connectivity index (χ2v) is 2.57. The number of carbonyl (C=O) groups excluding carboxylic acids is 1. The molecule has 1 amide bonds. The summed E-state index contributed by atoms with van der Waals surface area (Å²) in [6.07, 6.45) is 0. The van der Waals surface area contributed by atoms with Crippen molar-refractivity contribution in [2.24, 2.45) is 5.73 Å². The Kier molecular flexibility index (Phi) is 2.03. The van der Waals surface area contributed by atoms with E-state index >= 15 is 0 Å². The zero-order valence-corrected chi connectivity index (χ0v) is 6.53. The van der Waals surface area contributed by atoms with Gasteiger partial charge in [-0.15, -0.1) is 9.24 Å². The Hall–Kier alpha value is -0.880. The van der Waals surface area contributed by atoms with Gasteiger partial charge < -0.3 is 5.73 Å². The van der Waals surface area contributed by atoms with Gasteiger partial charge >= 0.3 is 0 Å². The normalized spacial score (nSPS) is 9.30. The minimum absolute atomic E-state index is 0.384. The van der Waals surface area contributed by atoms with Crippen LogP contribution in [-0.4, -0.2) is 5.91 Å². The lowest BCUT2D eigenvalue weighted by Crippen LogP contribution is -2.17. The first-order valence-electron chi connectivity index (χ1n) is 2.86. The number of benzene rings is 1. The van der Waals surface area contributed by atoms with Crippen LogP contribution in [-0.2, 0) is 0 Å². The van der Waals surface area contributed by atoms with Crippen molar-refractivity contribution in [3.8, 4) is 0 Å². The van der Waals surface area contributed by atoms with Gasteiger partial charge in [0.1, 0.15) is 0 Å². The predicted octanol–water partition coefficient (Wildman–Crippen LogP) is 0.286. The van der Waals surface area contributed by atoms with E-state index in [2.05, 4.69) is 9.24 Å². The molecule has 0 fully saturated rings. The van der Waals surface area contributed by atoms with Crippen LogP contribution in [0, 0.1) is 0 Å². The van der Waals surface area contributed by atoms with Gasteiger partial charge in [-0.1, -0.05) is 18.2 Å². The fraction of sp³-hybridized carbons (Fsp3) is 0. The van der Waals surface area contributed by atoms with Crippen molar-refractivity contribution in [2.75, 3.05) is 0 Å². The van der Waals surface area contributed by atoms with Crippen molar-refractivity contribution in [3.05, 3.63) is 29.8 Å². The maximum absolute atomic E-state index is 10.6. The molecule has 0 aliphatic carbocycles. The predicted molar refractivity (Wildman–Crippen MR) is 44.3 cm³/mol. The van der Waals surface area contributed by atoms with E-state index in [0.29, 0.717) is 5.56 Å². The van der Waals surface area contributed by atoms with E-state index in [4.69, 9.17) is 5.73 Å². The summed E-state index contributed by atoms with van der Waals surface area (Å²) in [6, 6.07) is 7.16. The molecule has 2 N–H and O–H groups in total. The van der Waals surface area contributed by atoms with Crippen molar-refractivity contribution in [2.45, 2.75) is 0 Å². The van der Waals surface area contributed by atoms with E-state index in [1.54, 1.807) is 12.1 Å². The molecule has 0 spiro atoms. The standard InChI is InChI=1S/C7H8NOP/c8-7(9)5-3-1-2-4-6(5)10/h1-4H,10H2,(H2,8,9). The Balaban J connectivity index is 3.15. The summed E-state index contributed by atoms with van der Waals surface area (Å²) in [5, 5.41) is 0.843. The molecule has 0 aliphatic heterocycles. The topological polar surface area (TPSA) is 43.1 Å². The first-order valence-corrected chi connectivity index (χ1v) is 3.44. The number of rotatable bonds is 1. The number of amides is 1. The summed E-state index contributed by atoms with van der Waals surface area (Å²) in [6.45, 7) is 0. The van der Waals surface area contributed by atoms with E-state index < -0.39 is 0 Å². The van der Waals surface area contributed by atoms with Gasteiger partial charge in [-0.25, -0.2) is 0 Å². The number of hydrogen-bond acceptors (Lipinski definition) is 1. The number of hydrogen-bond donors (Lipinski definition) is 1. The lowest BCUT2D eigenvalue weighted by molar-refractivity contribution is 0.100. The third-order valence-electron chi connectivity index (χ3n) is 1.23. The fourth-order valence-corrected chi connectivity index (χ4v) is 1.07. The second kappa shape index (κ2) is 2.80. The Morgan fingerprint density at radius 3 is 2.40 bits per heavy atom.